The van der Waals surface area contributed by atoms with Crippen molar-refractivity contribution < 1.29 is 4.74 Å². The summed E-state index contributed by atoms with van der Waals surface area (Å²) < 4.78 is 7.53. The number of ether oxygens (including phenoxy) is 1. The summed E-state index contributed by atoms with van der Waals surface area (Å²) >= 11 is 3.17. The highest BCUT2D eigenvalue weighted by atomic mass is 32.1. The van der Waals surface area contributed by atoms with Gasteiger partial charge in [-0.2, -0.15) is 10.5 Å². The van der Waals surface area contributed by atoms with Gasteiger partial charge in [-0.05, 0) is 54.5 Å². The second-order valence-corrected chi connectivity index (χ2v) is 12.3. The van der Waals surface area contributed by atoms with Crippen molar-refractivity contribution in [3.05, 3.63) is 103 Å². The number of aliphatic imine (C=N–C) groups is 2. The second kappa shape index (κ2) is 15.1. The van der Waals surface area contributed by atoms with Crippen molar-refractivity contribution in [2.75, 3.05) is 23.5 Å². The molecule has 0 fully saturated rings. The maximum absolute atomic E-state index is 9.24. The Hall–Kier alpha value is -5.63. The number of aromatic nitrogens is 3. The zero-order valence-corrected chi connectivity index (χ0v) is 27.1. The van der Waals surface area contributed by atoms with E-state index in [4.69, 9.17) is 20.0 Å². The average Bonchev–Trinajstić information content (AvgIpc) is 3.74. The molecule has 0 amide bonds. The first kappa shape index (κ1) is 31.4. The summed E-state index contributed by atoms with van der Waals surface area (Å²) in [5.41, 5.74) is 3.04. The van der Waals surface area contributed by atoms with Gasteiger partial charge in [-0.3, -0.25) is 19.8 Å². The maximum atomic E-state index is 9.24. The fourth-order valence-electron chi connectivity index (χ4n) is 5.04. The molecular weight excluding hydrogens is 629 g/mol. The molecule has 2 atom stereocenters. The lowest BCUT2D eigenvalue weighted by Gasteiger charge is -2.32. The van der Waals surface area contributed by atoms with Crippen molar-refractivity contribution in [1.29, 1.82) is 10.5 Å². The standard InChI is InChI=1S/C20H18N6S.C14H12N4OS/c21-10-7-16-9-13-24-19(23-12-8-15-4-3-11-22-14-15)26(16)20-25-17-5-1-2-6-18(17)27-20;1-19-13-16-9-7-10(6-8-15)18(13)14-17-11-4-2-3-5-12(11)20-14/h1-6,9,11,13-14,16H,7-8,12H2,(H,23,24);2-5,7,9-10H,6H2,1H3. The number of amidine groups is 1. The second-order valence-electron chi connectivity index (χ2n) is 10.3. The van der Waals surface area contributed by atoms with Crippen LogP contribution in [0.25, 0.3) is 20.4 Å². The summed E-state index contributed by atoms with van der Waals surface area (Å²) in [5.74, 6) is 0.723. The summed E-state index contributed by atoms with van der Waals surface area (Å²) in [5, 5.41) is 23.1. The van der Waals surface area contributed by atoms with Crippen molar-refractivity contribution >= 4 is 65.4 Å². The minimum absolute atomic E-state index is 0.0889. The lowest BCUT2D eigenvalue weighted by Crippen LogP contribution is -2.48. The molecule has 0 bridgehead atoms. The average molecular weight is 659 g/mol. The number of nitrogens with one attached hydrogen (secondary N) is 1. The third kappa shape index (κ3) is 7.28. The van der Waals surface area contributed by atoms with E-state index in [1.807, 2.05) is 88.9 Å². The van der Waals surface area contributed by atoms with E-state index in [-0.39, 0.29) is 12.1 Å². The van der Waals surface area contributed by atoms with E-state index in [1.54, 1.807) is 42.2 Å². The van der Waals surface area contributed by atoms with Gasteiger partial charge in [0.1, 0.15) is 0 Å². The molecule has 2 aliphatic rings. The lowest BCUT2D eigenvalue weighted by atomic mass is 10.1. The number of pyridine rings is 1. The molecule has 0 aliphatic carbocycles. The van der Waals surface area contributed by atoms with Gasteiger partial charge >= 0.3 is 0 Å². The number of hydrogen-bond donors (Lipinski definition) is 1. The molecule has 7 rings (SSSR count). The Bertz CT molecular complexity index is 1970. The van der Waals surface area contributed by atoms with Crippen molar-refractivity contribution in [3.8, 4) is 12.1 Å². The Kier molecular flexibility index (Phi) is 10.1. The fourth-order valence-corrected chi connectivity index (χ4v) is 7.08. The number of nitriles is 2. The number of para-hydroxylation sites is 2. The molecule has 13 heteroatoms. The first-order chi connectivity index (χ1) is 23.2. The molecule has 47 heavy (non-hydrogen) atoms. The first-order valence-electron chi connectivity index (χ1n) is 14.9. The minimum Gasteiger partial charge on any atom is -0.468 e. The van der Waals surface area contributed by atoms with Gasteiger partial charge in [-0.25, -0.2) is 15.0 Å². The molecule has 1 N–H and O–H groups in total. The summed E-state index contributed by atoms with van der Waals surface area (Å²) in [7, 11) is 1.57. The van der Waals surface area contributed by atoms with Gasteiger partial charge < -0.3 is 10.1 Å². The predicted octanol–water partition coefficient (Wildman–Crippen LogP) is 6.41. The van der Waals surface area contributed by atoms with E-state index in [2.05, 4.69) is 38.5 Å². The van der Waals surface area contributed by atoms with Crippen LogP contribution < -0.4 is 15.1 Å². The van der Waals surface area contributed by atoms with E-state index in [0.717, 1.165) is 48.6 Å². The Morgan fingerprint density at radius 1 is 0.872 bits per heavy atom. The lowest BCUT2D eigenvalue weighted by molar-refractivity contribution is 0.385. The van der Waals surface area contributed by atoms with Gasteiger partial charge in [0.05, 0.1) is 64.6 Å². The minimum atomic E-state index is -0.104. The van der Waals surface area contributed by atoms with E-state index in [1.165, 1.54) is 0 Å². The third-order valence-corrected chi connectivity index (χ3v) is 9.34. The highest BCUT2D eigenvalue weighted by molar-refractivity contribution is 7.22. The van der Waals surface area contributed by atoms with Crippen LogP contribution in [0.1, 0.15) is 18.4 Å². The fraction of sp³-hybridized carbons (Fsp3) is 0.206. The predicted molar refractivity (Wildman–Crippen MR) is 188 cm³/mol. The molecule has 5 heterocycles. The smallest absolute Gasteiger partial charge is 0.298 e. The number of anilines is 2. The van der Waals surface area contributed by atoms with Crippen LogP contribution >= 0.6 is 22.7 Å². The Morgan fingerprint density at radius 3 is 2.15 bits per heavy atom. The van der Waals surface area contributed by atoms with Crippen LogP contribution in [-0.2, 0) is 11.2 Å². The molecule has 0 spiro atoms. The quantitative estimate of drug-likeness (QED) is 0.210. The van der Waals surface area contributed by atoms with Crippen molar-refractivity contribution in [2.45, 2.75) is 31.3 Å². The van der Waals surface area contributed by atoms with E-state index < -0.39 is 0 Å². The van der Waals surface area contributed by atoms with Gasteiger partial charge in [0.2, 0.25) is 5.96 Å². The molecule has 11 nitrogen and oxygen atoms in total. The number of rotatable bonds is 7. The van der Waals surface area contributed by atoms with Crippen LogP contribution in [0.2, 0.25) is 0 Å². The third-order valence-electron chi connectivity index (χ3n) is 7.27. The maximum Gasteiger partial charge on any atom is 0.298 e. The Labute approximate surface area is 280 Å². The van der Waals surface area contributed by atoms with E-state index in [9.17, 15) is 5.26 Å². The number of guanidine groups is 1. The van der Waals surface area contributed by atoms with Crippen LogP contribution in [0.4, 0.5) is 10.3 Å². The summed E-state index contributed by atoms with van der Waals surface area (Å²) in [4.78, 5) is 26.4. The molecule has 5 aromatic rings. The van der Waals surface area contributed by atoms with Gasteiger partial charge in [-0.1, -0.05) is 53.0 Å². The number of thiazole rings is 2. The van der Waals surface area contributed by atoms with E-state index >= 15 is 0 Å². The molecular formula is C34H30N10OS2. The summed E-state index contributed by atoms with van der Waals surface area (Å²) in [6.45, 7) is 0.628. The van der Waals surface area contributed by atoms with Gasteiger partial charge in [-0.15, -0.1) is 0 Å². The highest BCUT2D eigenvalue weighted by Gasteiger charge is 2.28. The Morgan fingerprint density at radius 2 is 1.53 bits per heavy atom. The molecule has 2 unspecified atom stereocenters. The molecule has 234 valence electrons. The Balaban J connectivity index is 0.000000172. The van der Waals surface area contributed by atoms with Crippen LogP contribution in [0, 0.1) is 22.7 Å². The van der Waals surface area contributed by atoms with Crippen LogP contribution in [0.3, 0.4) is 0 Å². The zero-order valence-electron chi connectivity index (χ0n) is 25.5. The molecule has 0 radical (unpaired) electrons. The molecule has 2 aliphatic heterocycles. The number of fused-ring (bicyclic) bond motifs is 2. The SMILES string of the molecule is COC1=NC=CC(CC#N)N1c1nc2ccccc2s1.N#CCC1C=CNC(=NCCc2cccnc2)N1c1nc2ccccc2s1. The topological polar surface area (TPSA) is 139 Å². The normalized spacial score (nSPS) is 17.9. The molecule has 0 saturated carbocycles. The van der Waals surface area contributed by atoms with E-state index in [0.29, 0.717) is 25.4 Å². The van der Waals surface area contributed by atoms with Gasteiger partial charge in [0.25, 0.3) is 6.02 Å². The zero-order chi connectivity index (χ0) is 32.4. The summed E-state index contributed by atoms with van der Waals surface area (Å²) in [6, 6.07) is 24.7. The van der Waals surface area contributed by atoms with Crippen molar-refractivity contribution in [2.24, 2.45) is 9.98 Å². The molecule has 2 aromatic carbocycles. The summed E-state index contributed by atoms with van der Waals surface area (Å²) in [6.07, 6.45) is 12.6. The number of methoxy groups -OCH3 is 1. The van der Waals surface area contributed by atoms with Gasteiger partial charge in [0.15, 0.2) is 10.3 Å². The monoisotopic (exact) mass is 658 g/mol. The number of hydrogen-bond acceptors (Lipinski definition) is 11. The molecule has 3 aromatic heterocycles. The number of benzene rings is 2. The van der Waals surface area contributed by atoms with Crippen LogP contribution in [0.15, 0.2) is 108 Å². The number of nitrogens with zero attached hydrogens (tertiary/aromatic N) is 9. The van der Waals surface area contributed by atoms with Crippen molar-refractivity contribution in [3.63, 3.8) is 0 Å². The molecule has 0 saturated heterocycles. The highest BCUT2D eigenvalue weighted by Crippen LogP contribution is 2.33. The van der Waals surface area contributed by atoms with Crippen LogP contribution in [0.5, 0.6) is 0 Å². The van der Waals surface area contributed by atoms with Crippen molar-refractivity contribution in [1.82, 2.24) is 20.3 Å². The van der Waals surface area contributed by atoms with Gasteiger partial charge in [0, 0.05) is 31.3 Å². The van der Waals surface area contributed by atoms with Crippen LogP contribution in [-0.4, -0.2) is 52.7 Å². The first-order valence-corrected chi connectivity index (χ1v) is 16.5. The largest absolute Gasteiger partial charge is 0.468 e.